The molecular formula is C16H22O2Se. The molecule has 0 heterocycles. The predicted octanol–water partition coefficient (Wildman–Crippen LogP) is 1.79. The molecule has 0 aliphatic rings. The van der Waals surface area contributed by atoms with E-state index in [1.54, 1.807) is 6.92 Å². The summed E-state index contributed by atoms with van der Waals surface area (Å²) >= 11 is 0.130. The molecule has 0 saturated carbocycles. The molecule has 0 unspecified atom stereocenters. The minimum absolute atomic E-state index is 0.130. The van der Waals surface area contributed by atoms with E-state index >= 15 is 0 Å². The van der Waals surface area contributed by atoms with Crippen LogP contribution in [0.5, 0.6) is 0 Å². The SMILES string of the molecule is CCO[C@@H](C#C[Se]c1ccccc1)C(C)(C)[C@@H](C)O. The fourth-order valence-electron chi connectivity index (χ4n) is 1.46. The fraction of sp³-hybridized carbons (Fsp3) is 0.500. The van der Waals surface area contributed by atoms with Crippen LogP contribution in [0.1, 0.15) is 27.7 Å². The van der Waals surface area contributed by atoms with E-state index in [1.165, 1.54) is 4.46 Å². The summed E-state index contributed by atoms with van der Waals surface area (Å²) in [6.45, 7) is 8.32. The van der Waals surface area contributed by atoms with Gasteiger partial charge in [-0.05, 0) is 0 Å². The number of ether oxygens (including phenoxy) is 1. The van der Waals surface area contributed by atoms with Gasteiger partial charge < -0.3 is 0 Å². The Morgan fingerprint density at radius 1 is 1.32 bits per heavy atom. The molecule has 1 N–H and O–H groups in total. The number of aliphatic hydroxyl groups excluding tert-OH is 1. The average molecular weight is 325 g/mol. The first kappa shape index (κ1) is 16.3. The summed E-state index contributed by atoms with van der Waals surface area (Å²) in [5.74, 6) is 3.19. The molecule has 0 fully saturated rings. The van der Waals surface area contributed by atoms with E-state index in [1.807, 2.05) is 39.0 Å². The first-order chi connectivity index (χ1) is 8.98. The van der Waals surface area contributed by atoms with Gasteiger partial charge >= 0.3 is 122 Å². The van der Waals surface area contributed by atoms with Gasteiger partial charge in [0.15, 0.2) is 0 Å². The molecule has 1 aromatic rings. The van der Waals surface area contributed by atoms with Crippen LogP contribution in [0.15, 0.2) is 30.3 Å². The molecule has 3 heteroatoms. The Morgan fingerprint density at radius 3 is 2.47 bits per heavy atom. The molecule has 2 atom stereocenters. The molecular weight excluding hydrogens is 303 g/mol. The van der Waals surface area contributed by atoms with Gasteiger partial charge in [-0.1, -0.05) is 0 Å². The zero-order valence-electron chi connectivity index (χ0n) is 12.0. The van der Waals surface area contributed by atoms with Gasteiger partial charge in [0.2, 0.25) is 0 Å². The van der Waals surface area contributed by atoms with Crippen LogP contribution in [-0.4, -0.2) is 38.9 Å². The summed E-state index contributed by atoms with van der Waals surface area (Å²) in [6.07, 6.45) is -0.689. The van der Waals surface area contributed by atoms with E-state index in [9.17, 15) is 5.11 Å². The quantitative estimate of drug-likeness (QED) is 0.661. The average Bonchev–Trinajstić information content (AvgIpc) is 2.38. The van der Waals surface area contributed by atoms with Gasteiger partial charge in [-0.2, -0.15) is 0 Å². The van der Waals surface area contributed by atoms with Crippen molar-refractivity contribution >= 4 is 19.4 Å². The van der Waals surface area contributed by atoms with Crippen LogP contribution in [0.2, 0.25) is 0 Å². The number of hydrogen-bond acceptors (Lipinski definition) is 2. The first-order valence-electron chi connectivity index (χ1n) is 6.50. The van der Waals surface area contributed by atoms with Crippen LogP contribution in [0.3, 0.4) is 0 Å². The third kappa shape index (κ3) is 5.01. The van der Waals surface area contributed by atoms with Crippen LogP contribution in [0, 0.1) is 16.2 Å². The monoisotopic (exact) mass is 326 g/mol. The third-order valence-electron chi connectivity index (χ3n) is 3.19. The Labute approximate surface area is 122 Å². The Morgan fingerprint density at radius 2 is 1.95 bits per heavy atom. The van der Waals surface area contributed by atoms with Crippen LogP contribution < -0.4 is 4.46 Å². The van der Waals surface area contributed by atoms with E-state index in [0.717, 1.165) is 0 Å². The zero-order chi connectivity index (χ0) is 14.3. The summed E-state index contributed by atoms with van der Waals surface area (Å²) < 4.78 is 6.94. The van der Waals surface area contributed by atoms with Crippen molar-refractivity contribution in [1.82, 2.24) is 0 Å². The summed E-state index contributed by atoms with van der Waals surface area (Å²) in [7, 11) is 0. The van der Waals surface area contributed by atoms with E-state index in [0.29, 0.717) is 6.61 Å². The topological polar surface area (TPSA) is 29.5 Å². The van der Waals surface area contributed by atoms with Crippen LogP contribution in [0.25, 0.3) is 0 Å². The van der Waals surface area contributed by atoms with Crippen molar-refractivity contribution in [2.45, 2.75) is 39.9 Å². The van der Waals surface area contributed by atoms with Crippen molar-refractivity contribution in [3.8, 4) is 10.7 Å². The van der Waals surface area contributed by atoms with Gasteiger partial charge in [0.05, 0.1) is 0 Å². The van der Waals surface area contributed by atoms with E-state index in [-0.39, 0.29) is 26.5 Å². The van der Waals surface area contributed by atoms with E-state index in [4.69, 9.17) is 4.74 Å². The molecule has 19 heavy (non-hydrogen) atoms. The van der Waals surface area contributed by atoms with Crippen molar-refractivity contribution < 1.29 is 9.84 Å². The molecule has 0 saturated heterocycles. The second-order valence-corrected chi connectivity index (χ2v) is 6.84. The predicted molar refractivity (Wildman–Crippen MR) is 80.5 cm³/mol. The van der Waals surface area contributed by atoms with Crippen molar-refractivity contribution in [2.75, 3.05) is 6.61 Å². The molecule has 0 radical (unpaired) electrons. The third-order valence-corrected chi connectivity index (χ3v) is 4.71. The number of aliphatic hydroxyl groups is 1. The molecule has 1 rings (SSSR count). The summed E-state index contributed by atoms with van der Waals surface area (Å²) in [5, 5.41) is 9.85. The molecule has 0 bridgehead atoms. The molecule has 0 amide bonds. The second-order valence-electron chi connectivity index (χ2n) is 4.99. The van der Waals surface area contributed by atoms with Crippen LogP contribution >= 0.6 is 0 Å². The maximum absolute atomic E-state index is 9.85. The molecule has 104 valence electrons. The standard InChI is InChI=1S/C16H22O2Se/c1-5-18-15(16(3,4)13(2)17)11-12-19-14-9-7-6-8-10-14/h6-10,13,15,17H,5H2,1-4H3/t13-,15+/m1/s1. The molecule has 2 nitrogen and oxygen atoms in total. The van der Waals surface area contributed by atoms with Gasteiger partial charge in [0.25, 0.3) is 0 Å². The van der Waals surface area contributed by atoms with Crippen LogP contribution in [0.4, 0.5) is 0 Å². The van der Waals surface area contributed by atoms with Crippen molar-refractivity contribution in [3.63, 3.8) is 0 Å². The Kier molecular flexibility index (Phi) is 6.61. The number of benzene rings is 1. The number of hydrogen-bond donors (Lipinski definition) is 1. The fourth-order valence-corrected chi connectivity index (χ4v) is 2.67. The molecule has 0 aromatic heterocycles. The van der Waals surface area contributed by atoms with Crippen LogP contribution in [-0.2, 0) is 4.74 Å². The Balaban J connectivity index is 2.75. The molecule has 0 aliphatic heterocycles. The van der Waals surface area contributed by atoms with Gasteiger partial charge in [-0.25, -0.2) is 0 Å². The Hall–Kier alpha value is -0.781. The number of rotatable bonds is 5. The van der Waals surface area contributed by atoms with E-state index in [2.05, 4.69) is 22.9 Å². The van der Waals surface area contributed by atoms with Crippen molar-refractivity contribution in [2.24, 2.45) is 5.41 Å². The van der Waals surface area contributed by atoms with Gasteiger partial charge in [-0.15, -0.1) is 0 Å². The van der Waals surface area contributed by atoms with E-state index < -0.39 is 6.10 Å². The zero-order valence-corrected chi connectivity index (χ0v) is 13.7. The molecule has 0 aliphatic carbocycles. The summed E-state index contributed by atoms with van der Waals surface area (Å²) in [6, 6.07) is 10.2. The maximum atomic E-state index is 9.85. The molecule has 0 spiro atoms. The van der Waals surface area contributed by atoms with Gasteiger partial charge in [-0.3, -0.25) is 0 Å². The van der Waals surface area contributed by atoms with Gasteiger partial charge in [0, 0.05) is 0 Å². The van der Waals surface area contributed by atoms with Gasteiger partial charge in [0.1, 0.15) is 0 Å². The minimum atomic E-state index is -0.456. The second kappa shape index (κ2) is 7.72. The van der Waals surface area contributed by atoms with Crippen molar-refractivity contribution in [3.05, 3.63) is 30.3 Å². The summed E-state index contributed by atoms with van der Waals surface area (Å²) in [4.78, 5) is 3.22. The summed E-state index contributed by atoms with van der Waals surface area (Å²) in [5.41, 5.74) is -0.365. The normalized spacial score (nSPS) is 14.4. The van der Waals surface area contributed by atoms with Crippen molar-refractivity contribution in [1.29, 1.82) is 0 Å². The Bertz CT molecular complexity index is 429. The molecule has 1 aromatic carbocycles. The first-order valence-corrected chi connectivity index (χ1v) is 8.22.